The molecule has 1 unspecified atom stereocenters. The third kappa shape index (κ3) is 3.44. The first kappa shape index (κ1) is 12.8. The van der Waals surface area contributed by atoms with Gasteiger partial charge in [-0.05, 0) is 44.0 Å². The van der Waals surface area contributed by atoms with Crippen molar-refractivity contribution < 1.29 is 0 Å². The van der Waals surface area contributed by atoms with Crippen LogP contribution < -0.4 is 5.32 Å². The Labute approximate surface area is 109 Å². The van der Waals surface area contributed by atoms with E-state index in [1.165, 1.54) is 11.1 Å². The van der Waals surface area contributed by atoms with Gasteiger partial charge in [-0.25, -0.2) is 0 Å². The van der Waals surface area contributed by atoms with E-state index < -0.39 is 0 Å². The number of rotatable bonds is 6. The van der Waals surface area contributed by atoms with Crippen LogP contribution in [0.5, 0.6) is 0 Å². The Morgan fingerprint density at radius 2 is 2.11 bits per heavy atom. The van der Waals surface area contributed by atoms with E-state index in [0.717, 1.165) is 19.5 Å². The quantitative estimate of drug-likeness (QED) is 0.791. The molecule has 0 aliphatic heterocycles. The molecule has 0 radical (unpaired) electrons. The van der Waals surface area contributed by atoms with E-state index in [9.17, 15) is 0 Å². The predicted molar refractivity (Wildman–Crippen MR) is 74.4 cm³/mol. The molecule has 0 bridgehead atoms. The molecule has 0 aliphatic rings. The summed E-state index contributed by atoms with van der Waals surface area (Å²) in [6.07, 6.45) is 4.92. The van der Waals surface area contributed by atoms with E-state index in [1.54, 1.807) is 0 Å². The average molecular weight is 243 g/mol. The number of benzene rings is 1. The number of aryl methyl sites for hydroxylation is 2. The van der Waals surface area contributed by atoms with E-state index in [4.69, 9.17) is 0 Å². The lowest BCUT2D eigenvalue weighted by atomic mass is 10.0. The van der Waals surface area contributed by atoms with Gasteiger partial charge in [0.15, 0.2) is 0 Å². The van der Waals surface area contributed by atoms with Gasteiger partial charge in [0.05, 0.1) is 0 Å². The van der Waals surface area contributed by atoms with E-state index in [2.05, 4.69) is 48.5 Å². The fraction of sp³-hybridized carbons (Fsp3) is 0.400. The molecule has 3 nitrogen and oxygen atoms in total. The predicted octanol–water partition coefficient (Wildman–Crippen LogP) is 2.93. The monoisotopic (exact) mass is 243 g/mol. The first-order valence-corrected chi connectivity index (χ1v) is 6.53. The standard InChI is InChI=1S/C15H21N3/c1-13-7-3-4-8-15(13)14(2)16-9-5-11-18-12-6-10-17-18/h3-4,6-8,10,12,14,16H,5,9,11H2,1-2H3. The van der Waals surface area contributed by atoms with Crippen molar-refractivity contribution in [3.05, 3.63) is 53.9 Å². The molecule has 1 aromatic carbocycles. The van der Waals surface area contributed by atoms with Gasteiger partial charge in [0, 0.05) is 25.0 Å². The van der Waals surface area contributed by atoms with Crippen LogP contribution >= 0.6 is 0 Å². The number of hydrogen-bond acceptors (Lipinski definition) is 2. The maximum atomic E-state index is 4.19. The van der Waals surface area contributed by atoms with Crippen LogP contribution in [0.1, 0.15) is 30.5 Å². The fourth-order valence-electron chi connectivity index (χ4n) is 2.17. The smallest absolute Gasteiger partial charge is 0.0489 e. The first-order valence-electron chi connectivity index (χ1n) is 6.53. The Bertz CT molecular complexity index is 462. The van der Waals surface area contributed by atoms with Crippen molar-refractivity contribution in [3.63, 3.8) is 0 Å². The second kappa shape index (κ2) is 6.36. The van der Waals surface area contributed by atoms with E-state index in [1.807, 2.05) is 23.1 Å². The minimum absolute atomic E-state index is 0.406. The van der Waals surface area contributed by atoms with Crippen LogP contribution in [0, 0.1) is 6.92 Å². The topological polar surface area (TPSA) is 29.9 Å². The van der Waals surface area contributed by atoms with Gasteiger partial charge in [-0.2, -0.15) is 5.10 Å². The highest BCUT2D eigenvalue weighted by molar-refractivity contribution is 5.28. The molecule has 18 heavy (non-hydrogen) atoms. The van der Waals surface area contributed by atoms with Crippen LogP contribution in [-0.4, -0.2) is 16.3 Å². The summed E-state index contributed by atoms with van der Waals surface area (Å²) in [6.45, 7) is 6.36. The van der Waals surface area contributed by atoms with Gasteiger partial charge >= 0.3 is 0 Å². The van der Waals surface area contributed by atoms with Crippen molar-refractivity contribution in [2.45, 2.75) is 32.9 Å². The Morgan fingerprint density at radius 1 is 1.28 bits per heavy atom. The molecular formula is C15H21N3. The lowest BCUT2D eigenvalue weighted by molar-refractivity contribution is 0.506. The number of aromatic nitrogens is 2. The summed E-state index contributed by atoms with van der Waals surface area (Å²) in [7, 11) is 0. The maximum absolute atomic E-state index is 4.19. The number of nitrogens with one attached hydrogen (secondary N) is 1. The molecule has 0 amide bonds. The Hall–Kier alpha value is -1.61. The molecule has 0 saturated heterocycles. The zero-order valence-electron chi connectivity index (χ0n) is 11.1. The van der Waals surface area contributed by atoms with Gasteiger partial charge in [-0.3, -0.25) is 4.68 Å². The molecule has 1 heterocycles. The molecule has 96 valence electrons. The molecule has 0 aliphatic carbocycles. The van der Waals surface area contributed by atoms with Crippen molar-refractivity contribution in [1.82, 2.24) is 15.1 Å². The third-order valence-corrected chi connectivity index (χ3v) is 3.23. The van der Waals surface area contributed by atoms with Crippen LogP contribution in [0.4, 0.5) is 0 Å². The first-order chi connectivity index (χ1) is 8.77. The highest BCUT2D eigenvalue weighted by atomic mass is 15.3. The summed E-state index contributed by atoms with van der Waals surface area (Å²) in [5.41, 5.74) is 2.74. The van der Waals surface area contributed by atoms with Crippen LogP contribution in [-0.2, 0) is 6.54 Å². The Morgan fingerprint density at radius 3 is 2.83 bits per heavy atom. The van der Waals surface area contributed by atoms with Gasteiger partial charge in [-0.1, -0.05) is 24.3 Å². The van der Waals surface area contributed by atoms with Gasteiger partial charge in [0.1, 0.15) is 0 Å². The molecular weight excluding hydrogens is 222 g/mol. The molecule has 0 saturated carbocycles. The van der Waals surface area contributed by atoms with Crippen molar-refractivity contribution in [2.75, 3.05) is 6.54 Å². The molecule has 0 spiro atoms. The van der Waals surface area contributed by atoms with Gasteiger partial charge < -0.3 is 5.32 Å². The second-order valence-electron chi connectivity index (χ2n) is 4.66. The lowest BCUT2D eigenvalue weighted by Crippen LogP contribution is -2.21. The van der Waals surface area contributed by atoms with Crippen molar-refractivity contribution in [2.24, 2.45) is 0 Å². The molecule has 1 atom stereocenters. The third-order valence-electron chi connectivity index (χ3n) is 3.23. The van der Waals surface area contributed by atoms with Crippen LogP contribution in [0.3, 0.4) is 0 Å². The normalized spacial score (nSPS) is 12.6. The molecule has 2 rings (SSSR count). The lowest BCUT2D eigenvalue weighted by Gasteiger charge is -2.16. The van der Waals surface area contributed by atoms with Crippen LogP contribution in [0.2, 0.25) is 0 Å². The highest BCUT2D eigenvalue weighted by Gasteiger charge is 2.06. The Kier molecular flexibility index (Phi) is 4.53. The van der Waals surface area contributed by atoms with Crippen molar-refractivity contribution in [1.29, 1.82) is 0 Å². The fourth-order valence-corrected chi connectivity index (χ4v) is 2.17. The zero-order chi connectivity index (χ0) is 12.8. The minimum Gasteiger partial charge on any atom is -0.310 e. The molecule has 0 fully saturated rings. The SMILES string of the molecule is Cc1ccccc1C(C)NCCCn1cccn1. The van der Waals surface area contributed by atoms with Crippen LogP contribution in [0.15, 0.2) is 42.7 Å². The van der Waals surface area contributed by atoms with E-state index in [0.29, 0.717) is 6.04 Å². The average Bonchev–Trinajstić information content (AvgIpc) is 2.88. The van der Waals surface area contributed by atoms with Crippen LogP contribution in [0.25, 0.3) is 0 Å². The molecule has 3 heteroatoms. The summed E-state index contributed by atoms with van der Waals surface area (Å²) < 4.78 is 1.97. The summed E-state index contributed by atoms with van der Waals surface area (Å²) in [5, 5.41) is 7.76. The molecule has 2 aromatic rings. The van der Waals surface area contributed by atoms with E-state index >= 15 is 0 Å². The largest absolute Gasteiger partial charge is 0.310 e. The second-order valence-corrected chi connectivity index (χ2v) is 4.66. The van der Waals surface area contributed by atoms with Gasteiger partial charge in [-0.15, -0.1) is 0 Å². The molecule has 1 N–H and O–H groups in total. The summed E-state index contributed by atoms with van der Waals surface area (Å²) in [6, 6.07) is 10.9. The highest BCUT2D eigenvalue weighted by Crippen LogP contribution is 2.16. The van der Waals surface area contributed by atoms with Crippen molar-refractivity contribution in [3.8, 4) is 0 Å². The zero-order valence-corrected chi connectivity index (χ0v) is 11.1. The maximum Gasteiger partial charge on any atom is 0.0489 e. The summed E-state index contributed by atoms with van der Waals surface area (Å²) >= 11 is 0. The Balaban J connectivity index is 1.75. The summed E-state index contributed by atoms with van der Waals surface area (Å²) in [4.78, 5) is 0. The molecule has 1 aromatic heterocycles. The van der Waals surface area contributed by atoms with E-state index in [-0.39, 0.29) is 0 Å². The van der Waals surface area contributed by atoms with Gasteiger partial charge in [0.25, 0.3) is 0 Å². The summed E-state index contributed by atoms with van der Waals surface area (Å²) in [5.74, 6) is 0. The van der Waals surface area contributed by atoms with Crippen molar-refractivity contribution >= 4 is 0 Å². The number of hydrogen-bond donors (Lipinski definition) is 1. The number of nitrogens with zero attached hydrogens (tertiary/aromatic N) is 2. The van der Waals surface area contributed by atoms with Gasteiger partial charge in [0.2, 0.25) is 0 Å². The minimum atomic E-state index is 0.406.